The number of carboxylic acids is 1. The minimum absolute atomic E-state index is 0.326. The first-order chi connectivity index (χ1) is 5.20. The molecule has 0 aliphatic heterocycles. The summed E-state index contributed by atoms with van der Waals surface area (Å²) in [4.78, 5) is 10.0. The molecule has 0 saturated carbocycles. The van der Waals surface area contributed by atoms with Gasteiger partial charge >= 0.3 is 5.97 Å². The number of hydrogen-bond donors (Lipinski definition) is 1. The topological polar surface area (TPSA) is 63.4 Å². The van der Waals surface area contributed by atoms with E-state index in [0.29, 0.717) is 16.0 Å². The first kappa shape index (κ1) is 7.74. The Hall–Kier alpha value is -1.36. The molecule has 0 amide bonds. The molecule has 58 valence electrons. The van der Waals surface area contributed by atoms with E-state index < -0.39 is 5.97 Å². The predicted octanol–water partition coefficient (Wildman–Crippen LogP) is 1.05. The van der Waals surface area contributed by atoms with Crippen molar-refractivity contribution in [1.29, 1.82) is 0 Å². The molecule has 0 radical (unpaired) electrons. The molecule has 0 bridgehead atoms. The minimum Gasteiger partial charge on any atom is -0.617 e. The van der Waals surface area contributed by atoms with Crippen LogP contribution in [0, 0.1) is 5.21 Å². The van der Waals surface area contributed by atoms with E-state index in [1.165, 1.54) is 11.3 Å². The van der Waals surface area contributed by atoms with Crippen molar-refractivity contribution in [3.63, 3.8) is 0 Å². The molecule has 1 heterocycles. The van der Waals surface area contributed by atoms with Crippen LogP contribution in [0.25, 0.3) is 0 Å². The van der Waals surface area contributed by atoms with Gasteiger partial charge in [0.25, 0.3) is 11.2 Å². The monoisotopic (exact) mass is 171 g/mol. The van der Waals surface area contributed by atoms with Crippen molar-refractivity contribution in [3.05, 3.63) is 22.7 Å². The molecule has 0 aliphatic carbocycles. The van der Waals surface area contributed by atoms with Crippen molar-refractivity contribution in [2.75, 3.05) is 0 Å². The van der Waals surface area contributed by atoms with Gasteiger partial charge in [-0.3, -0.25) is 0 Å². The van der Waals surface area contributed by atoms with Gasteiger partial charge in [0, 0.05) is 6.07 Å². The first-order valence-corrected chi connectivity index (χ1v) is 3.66. The molecule has 1 rings (SSSR count). The molecular formula is C6H5NO3S. The van der Waals surface area contributed by atoms with Gasteiger partial charge in [0.15, 0.2) is 0 Å². The van der Waals surface area contributed by atoms with E-state index in [1.54, 1.807) is 17.5 Å². The van der Waals surface area contributed by atoms with E-state index in [4.69, 9.17) is 5.11 Å². The van der Waals surface area contributed by atoms with Crippen molar-refractivity contribution in [2.45, 2.75) is 0 Å². The van der Waals surface area contributed by atoms with Gasteiger partial charge in [0.1, 0.15) is 0 Å². The highest BCUT2D eigenvalue weighted by molar-refractivity contribution is 7.13. The maximum absolute atomic E-state index is 10.8. The SMILES string of the molecule is O=C(O)C=[N+]([O-])c1cccs1. The van der Waals surface area contributed by atoms with Gasteiger partial charge in [-0.1, -0.05) is 11.3 Å². The van der Waals surface area contributed by atoms with Gasteiger partial charge in [-0.25, -0.2) is 4.79 Å². The zero-order chi connectivity index (χ0) is 8.27. The predicted molar refractivity (Wildman–Crippen MR) is 41.3 cm³/mol. The van der Waals surface area contributed by atoms with Gasteiger partial charge in [0.2, 0.25) is 0 Å². The van der Waals surface area contributed by atoms with Crippen LogP contribution in [0.5, 0.6) is 0 Å². The average molecular weight is 171 g/mol. The van der Waals surface area contributed by atoms with Crippen LogP contribution in [-0.4, -0.2) is 22.0 Å². The summed E-state index contributed by atoms with van der Waals surface area (Å²) in [6, 6.07) is 3.23. The Balaban J connectivity index is 2.86. The lowest BCUT2D eigenvalue weighted by atomic mass is 10.6. The molecule has 4 nitrogen and oxygen atoms in total. The lowest BCUT2D eigenvalue weighted by Gasteiger charge is -1.95. The first-order valence-electron chi connectivity index (χ1n) is 2.78. The Morgan fingerprint density at radius 1 is 1.82 bits per heavy atom. The smallest absolute Gasteiger partial charge is 0.394 e. The summed E-state index contributed by atoms with van der Waals surface area (Å²) in [6.07, 6.45) is 0.575. The fourth-order valence-corrected chi connectivity index (χ4v) is 1.17. The van der Waals surface area contributed by atoms with Crippen molar-refractivity contribution in [3.8, 4) is 0 Å². The summed E-state index contributed by atoms with van der Waals surface area (Å²) in [5.74, 6) is -1.24. The maximum Gasteiger partial charge on any atom is 0.394 e. The van der Waals surface area contributed by atoms with Gasteiger partial charge in [-0.15, -0.1) is 0 Å². The van der Waals surface area contributed by atoms with E-state index in [1.807, 2.05) is 0 Å². The number of thiophene rings is 1. The Bertz CT molecular complexity index is 278. The number of nitrogens with zero attached hydrogens (tertiary/aromatic N) is 1. The normalized spacial score (nSPS) is 11.5. The Morgan fingerprint density at radius 3 is 3.00 bits per heavy atom. The van der Waals surface area contributed by atoms with Crippen LogP contribution in [0.4, 0.5) is 5.00 Å². The van der Waals surface area contributed by atoms with Gasteiger partial charge in [-0.05, 0) is 11.4 Å². The number of carbonyl (C=O) groups is 1. The fraction of sp³-hybridized carbons (Fsp3) is 0. The second-order valence-electron chi connectivity index (χ2n) is 1.74. The summed E-state index contributed by atoms with van der Waals surface area (Å²) in [7, 11) is 0. The maximum atomic E-state index is 10.8. The minimum atomic E-state index is -1.24. The fourth-order valence-electron chi connectivity index (χ4n) is 0.559. The molecule has 1 aromatic rings. The van der Waals surface area contributed by atoms with Gasteiger partial charge < -0.3 is 10.3 Å². The van der Waals surface area contributed by atoms with Crippen LogP contribution in [0.2, 0.25) is 0 Å². The molecular weight excluding hydrogens is 166 g/mol. The van der Waals surface area contributed by atoms with Crippen LogP contribution >= 0.6 is 11.3 Å². The zero-order valence-corrected chi connectivity index (χ0v) is 6.25. The second-order valence-corrected chi connectivity index (χ2v) is 2.67. The summed E-state index contributed by atoms with van der Waals surface area (Å²) in [5, 5.41) is 21.1. The molecule has 0 atom stereocenters. The Kier molecular flexibility index (Phi) is 2.22. The van der Waals surface area contributed by atoms with E-state index in [2.05, 4.69) is 0 Å². The molecule has 0 unspecified atom stereocenters. The number of hydrogen-bond acceptors (Lipinski definition) is 3. The van der Waals surface area contributed by atoms with Crippen LogP contribution < -0.4 is 0 Å². The van der Waals surface area contributed by atoms with Crippen LogP contribution in [0.1, 0.15) is 0 Å². The molecule has 0 fully saturated rings. The highest BCUT2D eigenvalue weighted by Gasteiger charge is 2.03. The van der Waals surface area contributed by atoms with Crippen LogP contribution in [-0.2, 0) is 4.79 Å². The zero-order valence-electron chi connectivity index (χ0n) is 5.43. The Morgan fingerprint density at radius 2 is 2.55 bits per heavy atom. The van der Waals surface area contributed by atoms with Crippen molar-refractivity contribution in [1.82, 2.24) is 0 Å². The van der Waals surface area contributed by atoms with Crippen molar-refractivity contribution >= 4 is 28.5 Å². The summed E-state index contributed by atoms with van der Waals surface area (Å²) < 4.78 is 0.326. The Labute approximate surface area is 66.6 Å². The molecule has 0 spiro atoms. The highest BCUT2D eigenvalue weighted by atomic mass is 32.1. The van der Waals surface area contributed by atoms with Crippen molar-refractivity contribution in [2.24, 2.45) is 0 Å². The number of carboxylic acid groups (broad SMARTS) is 1. The van der Waals surface area contributed by atoms with Gasteiger partial charge in [-0.2, -0.15) is 4.74 Å². The molecule has 0 aromatic carbocycles. The summed E-state index contributed by atoms with van der Waals surface area (Å²) in [5.41, 5.74) is 0. The quantitative estimate of drug-likeness (QED) is 0.313. The number of rotatable bonds is 2. The summed E-state index contributed by atoms with van der Waals surface area (Å²) >= 11 is 1.19. The van der Waals surface area contributed by atoms with Crippen LogP contribution in [0.15, 0.2) is 17.5 Å². The van der Waals surface area contributed by atoms with Gasteiger partial charge in [0.05, 0.1) is 0 Å². The van der Waals surface area contributed by atoms with E-state index in [0.717, 1.165) is 0 Å². The molecule has 0 saturated heterocycles. The number of aliphatic carboxylic acids is 1. The molecule has 11 heavy (non-hydrogen) atoms. The largest absolute Gasteiger partial charge is 0.617 e. The second kappa shape index (κ2) is 3.16. The van der Waals surface area contributed by atoms with E-state index >= 15 is 0 Å². The highest BCUT2D eigenvalue weighted by Crippen LogP contribution is 2.17. The molecule has 5 heteroatoms. The summed E-state index contributed by atoms with van der Waals surface area (Å²) in [6.45, 7) is 0. The van der Waals surface area contributed by atoms with Crippen LogP contribution in [0.3, 0.4) is 0 Å². The molecule has 0 aliphatic rings. The standard InChI is InChI=1S/C6H5NO3S/c8-6(9)4-7(10)5-2-1-3-11-5/h1-4H,(H,8,9). The van der Waals surface area contributed by atoms with E-state index in [9.17, 15) is 10.0 Å². The molecule has 1 N–H and O–H groups in total. The average Bonchev–Trinajstić information content (AvgIpc) is 2.35. The van der Waals surface area contributed by atoms with Crippen molar-refractivity contribution < 1.29 is 14.6 Å². The third-order valence-electron chi connectivity index (χ3n) is 0.951. The third kappa shape index (κ3) is 2.05. The van der Waals surface area contributed by atoms with E-state index in [-0.39, 0.29) is 0 Å². The lowest BCUT2D eigenvalue weighted by molar-refractivity contribution is -0.350. The molecule has 1 aromatic heterocycles. The third-order valence-corrected chi connectivity index (χ3v) is 1.80. The lowest BCUT2D eigenvalue weighted by Crippen LogP contribution is -2.05.